The van der Waals surface area contributed by atoms with Gasteiger partial charge in [-0.15, -0.1) is 11.3 Å². The zero-order valence-corrected chi connectivity index (χ0v) is 12.9. The topological polar surface area (TPSA) is 28.2 Å². The van der Waals surface area contributed by atoms with Gasteiger partial charge in [0.05, 0.1) is 0 Å². The van der Waals surface area contributed by atoms with Crippen molar-refractivity contribution in [2.45, 2.75) is 32.5 Å². The van der Waals surface area contributed by atoms with E-state index in [9.17, 15) is 0 Å². The van der Waals surface area contributed by atoms with Crippen LogP contribution in [0, 0.1) is 0 Å². The van der Waals surface area contributed by atoms with Gasteiger partial charge in [-0.2, -0.15) is 11.3 Å². The molecule has 0 bridgehead atoms. The van der Waals surface area contributed by atoms with Gasteiger partial charge in [0.25, 0.3) is 0 Å². The molecule has 5 heteroatoms. The van der Waals surface area contributed by atoms with Crippen LogP contribution in [0.15, 0.2) is 23.0 Å². The second kappa shape index (κ2) is 5.71. The summed E-state index contributed by atoms with van der Waals surface area (Å²) >= 11 is 3.55. The highest BCUT2D eigenvalue weighted by Gasteiger charge is 2.22. The lowest BCUT2D eigenvalue weighted by Gasteiger charge is -2.37. The van der Waals surface area contributed by atoms with E-state index in [0.29, 0.717) is 12.1 Å². The first-order valence-electron chi connectivity index (χ1n) is 6.67. The summed E-state index contributed by atoms with van der Waals surface area (Å²) in [6, 6.07) is 3.33. The molecule has 1 saturated heterocycles. The van der Waals surface area contributed by atoms with E-state index in [1.807, 2.05) is 17.5 Å². The summed E-state index contributed by atoms with van der Waals surface area (Å²) in [5.74, 6) is 0. The van der Waals surface area contributed by atoms with E-state index in [4.69, 9.17) is 0 Å². The van der Waals surface area contributed by atoms with Crippen molar-refractivity contribution in [3.63, 3.8) is 0 Å². The van der Waals surface area contributed by atoms with Crippen LogP contribution in [0.2, 0.25) is 0 Å². The lowest BCUT2D eigenvalue weighted by molar-refractivity contribution is 0.140. The average Bonchev–Trinajstić information content (AvgIpc) is 3.04. The molecule has 0 aliphatic carbocycles. The molecule has 0 saturated carbocycles. The summed E-state index contributed by atoms with van der Waals surface area (Å²) in [4.78, 5) is 8.46. The third kappa shape index (κ3) is 3.05. The van der Waals surface area contributed by atoms with Crippen molar-refractivity contribution in [3.8, 4) is 10.6 Å². The third-order valence-corrected chi connectivity index (χ3v) is 5.29. The normalized spacial score (nSPS) is 24.7. The second-order valence-electron chi connectivity index (χ2n) is 5.23. The van der Waals surface area contributed by atoms with Crippen molar-refractivity contribution in [3.05, 3.63) is 27.9 Å². The maximum absolute atomic E-state index is 4.55. The van der Waals surface area contributed by atoms with Gasteiger partial charge in [0, 0.05) is 53.7 Å². The minimum absolute atomic E-state index is 0.584. The molecule has 1 fully saturated rings. The van der Waals surface area contributed by atoms with E-state index in [0.717, 1.165) is 24.6 Å². The maximum Gasteiger partial charge on any atom is 0.124 e. The predicted molar refractivity (Wildman–Crippen MR) is 82.8 cm³/mol. The van der Waals surface area contributed by atoms with Crippen molar-refractivity contribution < 1.29 is 0 Å². The Morgan fingerprint density at radius 3 is 3.16 bits per heavy atom. The number of aromatic nitrogens is 1. The van der Waals surface area contributed by atoms with Crippen LogP contribution < -0.4 is 5.32 Å². The summed E-state index contributed by atoms with van der Waals surface area (Å²) in [6.07, 6.45) is 2.04. The van der Waals surface area contributed by atoms with Crippen LogP contribution in [-0.2, 0) is 6.54 Å². The second-order valence-corrected chi connectivity index (χ2v) is 7.13. The highest BCUT2D eigenvalue weighted by atomic mass is 32.1. The standard InChI is InChI=1S/C14H19N3S2/c1-10-7-17(11(2)5-15-10)8-13-6-16-14(19-13)12-3-4-18-9-12/h3-4,6,9-11,15H,5,7-8H2,1-2H3. The predicted octanol–water partition coefficient (Wildman–Crippen LogP) is 3.05. The zero-order chi connectivity index (χ0) is 13.2. The Hall–Kier alpha value is -0.750. The Morgan fingerprint density at radius 2 is 2.37 bits per heavy atom. The Balaban J connectivity index is 1.70. The fourth-order valence-corrected chi connectivity index (χ4v) is 4.07. The number of hydrogen-bond donors (Lipinski definition) is 1. The molecule has 19 heavy (non-hydrogen) atoms. The molecule has 1 aliphatic rings. The van der Waals surface area contributed by atoms with Gasteiger partial charge in [-0.25, -0.2) is 4.98 Å². The van der Waals surface area contributed by atoms with E-state index in [-0.39, 0.29) is 0 Å². The molecule has 1 N–H and O–H groups in total. The minimum atomic E-state index is 0.584. The lowest BCUT2D eigenvalue weighted by Crippen LogP contribution is -2.53. The van der Waals surface area contributed by atoms with Gasteiger partial charge in [0.15, 0.2) is 0 Å². The summed E-state index contributed by atoms with van der Waals surface area (Å²) in [5, 5.41) is 8.94. The van der Waals surface area contributed by atoms with E-state index in [1.54, 1.807) is 11.3 Å². The Bertz CT molecular complexity index is 521. The molecule has 2 aromatic heterocycles. The number of rotatable bonds is 3. The molecular weight excluding hydrogens is 274 g/mol. The van der Waals surface area contributed by atoms with Crippen LogP contribution in [0.3, 0.4) is 0 Å². The average molecular weight is 293 g/mol. The van der Waals surface area contributed by atoms with Crippen molar-refractivity contribution in [2.75, 3.05) is 13.1 Å². The Kier molecular flexibility index (Phi) is 3.98. The van der Waals surface area contributed by atoms with E-state index >= 15 is 0 Å². The molecule has 0 spiro atoms. The number of nitrogens with zero attached hydrogens (tertiary/aromatic N) is 2. The van der Waals surface area contributed by atoms with Crippen LogP contribution in [0.25, 0.3) is 10.6 Å². The van der Waals surface area contributed by atoms with Crippen LogP contribution in [-0.4, -0.2) is 35.1 Å². The Morgan fingerprint density at radius 1 is 1.47 bits per heavy atom. The maximum atomic E-state index is 4.55. The number of thiophene rings is 1. The summed E-state index contributed by atoms with van der Waals surface area (Å²) < 4.78 is 0. The fraction of sp³-hybridized carbons (Fsp3) is 0.500. The first kappa shape index (κ1) is 13.2. The molecular formula is C14H19N3S2. The van der Waals surface area contributed by atoms with E-state index < -0.39 is 0 Å². The molecule has 2 aromatic rings. The van der Waals surface area contributed by atoms with Crippen molar-refractivity contribution in [1.29, 1.82) is 0 Å². The Labute approximate surface area is 122 Å². The van der Waals surface area contributed by atoms with Gasteiger partial charge < -0.3 is 5.32 Å². The van der Waals surface area contributed by atoms with Gasteiger partial charge in [-0.1, -0.05) is 0 Å². The van der Waals surface area contributed by atoms with Gasteiger partial charge in [-0.3, -0.25) is 4.90 Å². The van der Waals surface area contributed by atoms with Gasteiger partial charge in [0.2, 0.25) is 0 Å². The minimum Gasteiger partial charge on any atom is -0.311 e. The smallest absolute Gasteiger partial charge is 0.124 e. The van der Waals surface area contributed by atoms with E-state index in [1.165, 1.54) is 10.4 Å². The molecule has 1 aliphatic heterocycles. The molecule has 3 heterocycles. The highest BCUT2D eigenvalue weighted by Crippen LogP contribution is 2.28. The molecule has 102 valence electrons. The van der Waals surface area contributed by atoms with Crippen LogP contribution in [0.4, 0.5) is 0 Å². The van der Waals surface area contributed by atoms with E-state index in [2.05, 4.69) is 45.9 Å². The number of hydrogen-bond acceptors (Lipinski definition) is 5. The zero-order valence-electron chi connectivity index (χ0n) is 11.3. The van der Waals surface area contributed by atoms with Crippen LogP contribution in [0.1, 0.15) is 18.7 Å². The summed E-state index contributed by atoms with van der Waals surface area (Å²) in [7, 11) is 0. The SMILES string of the molecule is CC1CN(Cc2cnc(-c3ccsc3)s2)C(C)CN1. The van der Waals surface area contributed by atoms with Crippen molar-refractivity contribution in [1.82, 2.24) is 15.2 Å². The molecule has 0 radical (unpaired) electrons. The van der Waals surface area contributed by atoms with Gasteiger partial charge in [0.1, 0.15) is 5.01 Å². The molecule has 2 atom stereocenters. The molecule has 0 amide bonds. The van der Waals surface area contributed by atoms with Crippen LogP contribution >= 0.6 is 22.7 Å². The fourth-order valence-electron chi connectivity index (χ4n) is 2.42. The largest absolute Gasteiger partial charge is 0.311 e. The molecule has 2 unspecified atom stereocenters. The lowest BCUT2D eigenvalue weighted by atomic mass is 10.1. The molecule has 3 nitrogen and oxygen atoms in total. The summed E-state index contributed by atoms with van der Waals surface area (Å²) in [5.41, 5.74) is 1.25. The third-order valence-electron chi connectivity index (χ3n) is 3.57. The highest BCUT2D eigenvalue weighted by molar-refractivity contribution is 7.15. The first-order chi connectivity index (χ1) is 9.22. The monoisotopic (exact) mass is 293 g/mol. The van der Waals surface area contributed by atoms with Crippen LogP contribution in [0.5, 0.6) is 0 Å². The van der Waals surface area contributed by atoms with Crippen molar-refractivity contribution >= 4 is 22.7 Å². The van der Waals surface area contributed by atoms with Crippen molar-refractivity contribution in [2.24, 2.45) is 0 Å². The summed E-state index contributed by atoms with van der Waals surface area (Å²) in [6.45, 7) is 7.77. The first-order valence-corrected chi connectivity index (χ1v) is 8.43. The number of thiazole rings is 1. The molecule has 0 aromatic carbocycles. The quantitative estimate of drug-likeness (QED) is 0.943. The molecule has 3 rings (SSSR count). The van der Waals surface area contributed by atoms with Gasteiger partial charge in [-0.05, 0) is 25.3 Å². The number of piperazine rings is 1. The number of nitrogens with one attached hydrogen (secondary N) is 1. The van der Waals surface area contributed by atoms with Gasteiger partial charge >= 0.3 is 0 Å².